The second-order valence-corrected chi connectivity index (χ2v) is 5.65. The summed E-state index contributed by atoms with van der Waals surface area (Å²) in [5.74, 6) is 0.128. The highest BCUT2D eigenvalue weighted by atomic mass is 32.2. The normalized spacial score (nSPS) is 11.6. The highest BCUT2D eigenvalue weighted by molar-refractivity contribution is 7.91. The van der Waals surface area contributed by atoms with Crippen molar-refractivity contribution in [2.24, 2.45) is 0 Å². The Kier molecular flexibility index (Phi) is 4.29. The molecule has 3 nitrogen and oxygen atoms in total. The van der Waals surface area contributed by atoms with Crippen molar-refractivity contribution < 1.29 is 13.5 Å². The van der Waals surface area contributed by atoms with Crippen molar-refractivity contribution in [3.8, 4) is 0 Å². The van der Waals surface area contributed by atoms with Gasteiger partial charge in [-0.2, -0.15) is 0 Å². The Morgan fingerprint density at radius 2 is 1.80 bits per heavy atom. The zero-order valence-corrected chi connectivity index (χ0v) is 9.63. The molecule has 0 spiro atoms. The van der Waals surface area contributed by atoms with E-state index in [9.17, 15) is 8.42 Å². The molecule has 0 aromatic heterocycles. The summed E-state index contributed by atoms with van der Waals surface area (Å²) < 4.78 is 23.0. The van der Waals surface area contributed by atoms with Gasteiger partial charge in [0.1, 0.15) is 0 Å². The second-order valence-electron chi connectivity index (χ2n) is 3.37. The Hall–Kier alpha value is -0.870. The molecule has 0 saturated carbocycles. The van der Waals surface area contributed by atoms with Crippen LogP contribution < -0.4 is 0 Å². The third kappa shape index (κ3) is 3.32. The highest BCUT2D eigenvalue weighted by Gasteiger charge is 2.10. The van der Waals surface area contributed by atoms with Crippen LogP contribution in [0.2, 0.25) is 0 Å². The van der Waals surface area contributed by atoms with Crippen LogP contribution in [0.5, 0.6) is 0 Å². The number of benzene rings is 1. The zero-order chi connectivity index (χ0) is 11.3. The SMILES string of the molecule is CCS(=O)(=O)c1ccc(CCCO)cc1. The monoisotopic (exact) mass is 228 g/mol. The quantitative estimate of drug-likeness (QED) is 0.829. The third-order valence-corrected chi connectivity index (χ3v) is 4.04. The van der Waals surface area contributed by atoms with E-state index in [1.54, 1.807) is 31.2 Å². The van der Waals surface area contributed by atoms with Crippen molar-refractivity contribution in [2.75, 3.05) is 12.4 Å². The fraction of sp³-hybridized carbons (Fsp3) is 0.455. The Labute approximate surface area is 90.7 Å². The molecular formula is C11H16O3S. The summed E-state index contributed by atoms with van der Waals surface area (Å²) in [6, 6.07) is 6.87. The number of hydrogen-bond donors (Lipinski definition) is 1. The minimum atomic E-state index is -3.08. The largest absolute Gasteiger partial charge is 0.396 e. The van der Waals surface area contributed by atoms with Crippen LogP contribution in [0.15, 0.2) is 29.2 Å². The van der Waals surface area contributed by atoms with Gasteiger partial charge in [-0.15, -0.1) is 0 Å². The molecule has 0 unspecified atom stereocenters. The molecule has 0 aliphatic carbocycles. The molecule has 0 saturated heterocycles. The Bertz CT molecular complexity index is 392. The molecular weight excluding hydrogens is 212 g/mol. The van der Waals surface area contributed by atoms with E-state index < -0.39 is 9.84 Å². The maximum Gasteiger partial charge on any atom is 0.178 e. The molecule has 84 valence electrons. The summed E-state index contributed by atoms with van der Waals surface area (Å²) in [6.07, 6.45) is 1.49. The number of aliphatic hydroxyl groups excluding tert-OH is 1. The summed E-state index contributed by atoms with van der Waals surface area (Å²) in [7, 11) is -3.08. The van der Waals surface area contributed by atoms with Crippen molar-refractivity contribution >= 4 is 9.84 Å². The Morgan fingerprint density at radius 1 is 1.20 bits per heavy atom. The van der Waals surface area contributed by atoms with Crippen molar-refractivity contribution in [3.05, 3.63) is 29.8 Å². The Morgan fingerprint density at radius 3 is 2.27 bits per heavy atom. The summed E-state index contributed by atoms with van der Waals surface area (Å²) in [4.78, 5) is 0.373. The molecule has 4 heteroatoms. The van der Waals surface area contributed by atoms with E-state index in [2.05, 4.69) is 0 Å². The van der Waals surface area contributed by atoms with Crippen LogP contribution in [0.4, 0.5) is 0 Å². The smallest absolute Gasteiger partial charge is 0.178 e. The van der Waals surface area contributed by atoms with Crippen molar-refractivity contribution in [2.45, 2.75) is 24.7 Å². The predicted octanol–water partition coefficient (Wildman–Crippen LogP) is 1.41. The number of sulfone groups is 1. The lowest BCUT2D eigenvalue weighted by atomic mass is 10.1. The summed E-state index contributed by atoms with van der Waals surface area (Å²) in [6.45, 7) is 1.80. The van der Waals surface area contributed by atoms with Crippen LogP contribution in [0.3, 0.4) is 0 Å². The maximum absolute atomic E-state index is 11.5. The van der Waals surface area contributed by atoms with Crippen LogP contribution in [-0.4, -0.2) is 25.9 Å². The van der Waals surface area contributed by atoms with Gasteiger partial charge in [0.25, 0.3) is 0 Å². The zero-order valence-electron chi connectivity index (χ0n) is 8.81. The third-order valence-electron chi connectivity index (χ3n) is 2.29. The van der Waals surface area contributed by atoms with E-state index in [4.69, 9.17) is 5.11 Å². The number of aryl methyl sites for hydroxylation is 1. The molecule has 0 amide bonds. The molecule has 1 aromatic carbocycles. The maximum atomic E-state index is 11.5. The topological polar surface area (TPSA) is 54.4 Å². The molecule has 1 N–H and O–H groups in total. The fourth-order valence-electron chi connectivity index (χ4n) is 1.31. The molecule has 0 heterocycles. The molecule has 1 rings (SSSR count). The molecule has 0 radical (unpaired) electrons. The van der Waals surface area contributed by atoms with E-state index in [-0.39, 0.29) is 12.4 Å². The van der Waals surface area contributed by atoms with Gasteiger partial charge in [-0.05, 0) is 30.5 Å². The first-order valence-corrected chi connectivity index (χ1v) is 6.68. The summed E-state index contributed by atoms with van der Waals surface area (Å²) in [5, 5.41) is 8.65. The number of hydrogen-bond acceptors (Lipinski definition) is 3. The van der Waals surface area contributed by atoms with Crippen LogP contribution in [-0.2, 0) is 16.3 Å². The molecule has 0 aliphatic rings. The molecule has 0 aliphatic heterocycles. The highest BCUT2D eigenvalue weighted by Crippen LogP contribution is 2.13. The van der Waals surface area contributed by atoms with E-state index in [0.717, 1.165) is 12.0 Å². The van der Waals surface area contributed by atoms with Crippen LogP contribution >= 0.6 is 0 Å². The van der Waals surface area contributed by atoms with Gasteiger partial charge in [0.15, 0.2) is 9.84 Å². The van der Waals surface area contributed by atoms with Gasteiger partial charge in [0, 0.05) is 6.61 Å². The van der Waals surface area contributed by atoms with Crippen LogP contribution in [0.1, 0.15) is 18.9 Å². The summed E-state index contributed by atoms with van der Waals surface area (Å²) in [5.41, 5.74) is 1.05. The molecule has 0 atom stereocenters. The van der Waals surface area contributed by atoms with Crippen molar-refractivity contribution in [1.82, 2.24) is 0 Å². The first-order chi connectivity index (χ1) is 7.10. The van der Waals surface area contributed by atoms with Gasteiger partial charge in [-0.1, -0.05) is 19.1 Å². The minimum absolute atomic E-state index is 0.128. The first kappa shape index (κ1) is 12.2. The van der Waals surface area contributed by atoms with Gasteiger partial charge in [0.2, 0.25) is 0 Å². The lowest BCUT2D eigenvalue weighted by molar-refractivity contribution is 0.288. The molecule has 0 bridgehead atoms. The standard InChI is InChI=1S/C11H16O3S/c1-2-15(13,14)11-7-5-10(6-8-11)4-3-9-12/h5-8,12H,2-4,9H2,1H3. The van der Waals surface area contributed by atoms with E-state index in [1.165, 1.54) is 0 Å². The van der Waals surface area contributed by atoms with Crippen molar-refractivity contribution in [1.29, 1.82) is 0 Å². The molecule has 1 aromatic rings. The first-order valence-electron chi connectivity index (χ1n) is 5.02. The predicted molar refractivity (Wildman–Crippen MR) is 59.6 cm³/mol. The van der Waals surface area contributed by atoms with Crippen LogP contribution in [0.25, 0.3) is 0 Å². The van der Waals surface area contributed by atoms with Gasteiger partial charge in [-0.25, -0.2) is 8.42 Å². The lowest BCUT2D eigenvalue weighted by Gasteiger charge is -2.03. The van der Waals surface area contributed by atoms with Gasteiger partial charge in [-0.3, -0.25) is 0 Å². The van der Waals surface area contributed by atoms with Gasteiger partial charge < -0.3 is 5.11 Å². The van der Waals surface area contributed by atoms with Gasteiger partial charge >= 0.3 is 0 Å². The average molecular weight is 228 g/mol. The van der Waals surface area contributed by atoms with Crippen molar-refractivity contribution in [3.63, 3.8) is 0 Å². The van der Waals surface area contributed by atoms with E-state index in [1.807, 2.05) is 0 Å². The van der Waals surface area contributed by atoms with Crippen LogP contribution in [0, 0.1) is 0 Å². The molecule has 15 heavy (non-hydrogen) atoms. The lowest BCUT2D eigenvalue weighted by Crippen LogP contribution is -2.03. The fourth-order valence-corrected chi connectivity index (χ4v) is 2.20. The minimum Gasteiger partial charge on any atom is -0.396 e. The average Bonchev–Trinajstić information content (AvgIpc) is 2.27. The van der Waals surface area contributed by atoms with E-state index in [0.29, 0.717) is 11.3 Å². The second kappa shape index (κ2) is 5.28. The Balaban J connectivity index is 2.81. The number of aliphatic hydroxyl groups is 1. The summed E-state index contributed by atoms with van der Waals surface area (Å²) >= 11 is 0. The number of rotatable bonds is 5. The van der Waals surface area contributed by atoms with Gasteiger partial charge in [0.05, 0.1) is 10.6 Å². The van der Waals surface area contributed by atoms with E-state index >= 15 is 0 Å². The molecule has 0 fully saturated rings.